The Balaban J connectivity index is 1.49. The highest BCUT2D eigenvalue weighted by molar-refractivity contribution is 5.96. The number of anilines is 1. The summed E-state index contributed by atoms with van der Waals surface area (Å²) in [5.74, 6) is 1.35. The predicted octanol–water partition coefficient (Wildman–Crippen LogP) is 1.91. The molecule has 1 aromatic heterocycles. The Kier molecular flexibility index (Phi) is 5.11. The van der Waals surface area contributed by atoms with Crippen LogP contribution in [0, 0.1) is 0 Å². The third-order valence-electron chi connectivity index (χ3n) is 5.31. The first-order valence-electron chi connectivity index (χ1n) is 9.44. The van der Waals surface area contributed by atoms with E-state index in [1.54, 1.807) is 12.4 Å². The first kappa shape index (κ1) is 17.0. The SMILES string of the molecule is O=C(c1ccccc1[C@H]1CCNC1)N1CCCN(c2ncccn2)CC1. The van der Waals surface area contributed by atoms with E-state index in [1.807, 2.05) is 29.2 Å². The smallest absolute Gasteiger partial charge is 0.254 e. The number of nitrogens with zero attached hydrogens (tertiary/aromatic N) is 4. The van der Waals surface area contributed by atoms with Gasteiger partial charge in [-0.2, -0.15) is 0 Å². The molecule has 6 heteroatoms. The standard InChI is InChI=1S/C20H25N5O/c26-19(18-6-2-1-5-17(18)16-7-10-21-15-16)24-11-4-12-25(14-13-24)20-22-8-3-9-23-20/h1-3,5-6,8-9,16,21H,4,7,10-15H2/t16-/m0/s1. The van der Waals surface area contributed by atoms with Crippen molar-refractivity contribution >= 4 is 11.9 Å². The van der Waals surface area contributed by atoms with Crippen molar-refractivity contribution in [3.63, 3.8) is 0 Å². The summed E-state index contributed by atoms with van der Waals surface area (Å²) in [4.78, 5) is 26.1. The van der Waals surface area contributed by atoms with Crippen LogP contribution in [0.25, 0.3) is 0 Å². The molecule has 2 saturated heterocycles. The fourth-order valence-corrected chi connectivity index (χ4v) is 3.91. The summed E-state index contributed by atoms with van der Waals surface area (Å²) in [7, 11) is 0. The van der Waals surface area contributed by atoms with Gasteiger partial charge in [0, 0.05) is 50.7 Å². The molecule has 1 atom stereocenters. The van der Waals surface area contributed by atoms with Gasteiger partial charge in [0.2, 0.25) is 5.95 Å². The number of nitrogens with one attached hydrogen (secondary N) is 1. The van der Waals surface area contributed by atoms with Crippen LogP contribution in [0.3, 0.4) is 0 Å². The number of aromatic nitrogens is 2. The molecule has 2 aliphatic rings. The van der Waals surface area contributed by atoms with Crippen molar-refractivity contribution in [2.24, 2.45) is 0 Å². The molecule has 26 heavy (non-hydrogen) atoms. The fraction of sp³-hybridized carbons (Fsp3) is 0.450. The molecule has 3 heterocycles. The molecule has 1 amide bonds. The van der Waals surface area contributed by atoms with Gasteiger partial charge in [-0.1, -0.05) is 18.2 Å². The zero-order valence-corrected chi connectivity index (χ0v) is 15.0. The maximum absolute atomic E-state index is 13.2. The largest absolute Gasteiger partial charge is 0.339 e. The summed E-state index contributed by atoms with van der Waals surface area (Å²) in [5.41, 5.74) is 2.06. The summed E-state index contributed by atoms with van der Waals surface area (Å²) in [6.07, 6.45) is 5.56. The van der Waals surface area contributed by atoms with E-state index in [1.165, 1.54) is 5.56 Å². The second kappa shape index (κ2) is 7.83. The highest BCUT2D eigenvalue weighted by Gasteiger charge is 2.26. The van der Waals surface area contributed by atoms with Gasteiger partial charge in [0.15, 0.2) is 0 Å². The average molecular weight is 351 g/mol. The number of amides is 1. The number of benzene rings is 1. The van der Waals surface area contributed by atoms with E-state index < -0.39 is 0 Å². The molecule has 0 unspecified atom stereocenters. The lowest BCUT2D eigenvalue weighted by Gasteiger charge is -2.24. The minimum atomic E-state index is 0.156. The fourth-order valence-electron chi connectivity index (χ4n) is 3.91. The monoisotopic (exact) mass is 351 g/mol. The van der Waals surface area contributed by atoms with Crippen molar-refractivity contribution in [1.29, 1.82) is 0 Å². The van der Waals surface area contributed by atoms with Gasteiger partial charge in [-0.05, 0) is 43.0 Å². The first-order valence-corrected chi connectivity index (χ1v) is 9.44. The highest BCUT2D eigenvalue weighted by atomic mass is 16.2. The molecule has 0 saturated carbocycles. The summed E-state index contributed by atoms with van der Waals surface area (Å²) in [6, 6.07) is 9.94. The van der Waals surface area contributed by atoms with Crippen molar-refractivity contribution in [3.8, 4) is 0 Å². The molecule has 136 valence electrons. The second-order valence-electron chi connectivity index (χ2n) is 6.96. The van der Waals surface area contributed by atoms with E-state index in [0.29, 0.717) is 12.5 Å². The van der Waals surface area contributed by atoms with Crippen molar-refractivity contribution in [2.45, 2.75) is 18.8 Å². The minimum absolute atomic E-state index is 0.156. The molecule has 1 N–H and O–H groups in total. The van der Waals surface area contributed by atoms with Crippen LogP contribution in [0.15, 0.2) is 42.7 Å². The van der Waals surface area contributed by atoms with Gasteiger partial charge in [0.05, 0.1) is 0 Å². The maximum Gasteiger partial charge on any atom is 0.254 e. The average Bonchev–Trinajstić information content (AvgIpc) is 3.12. The van der Waals surface area contributed by atoms with E-state index in [2.05, 4.69) is 26.3 Å². The summed E-state index contributed by atoms with van der Waals surface area (Å²) >= 11 is 0. The molecule has 2 aliphatic heterocycles. The van der Waals surface area contributed by atoms with Gasteiger partial charge in [0.25, 0.3) is 5.91 Å². The van der Waals surface area contributed by atoms with Crippen LogP contribution >= 0.6 is 0 Å². The Morgan fingerprint density at radius 1 is 1.04 bits per heavy atom. The Hall–Kier alpha value is -2.47. The normalized spacial score (nSPS) is 20.8. The lowest BCUT2D eigenvalue weighted by molar-refractivity contribution is 0.0765. The highest BCUT2D eigenvalue weighted by Crippen LogP contribution is 2.26. The molecular formula is C20H25N5O. The van der Waals surface area contributed by atoms with Crippen molar-refractivity contribution < 1.29 is 4.79 Å². The number of rotatable bonds is 3. The van der Waals surface area contributed by atoms with E-state index in [9.17, 15) is 4.79 Å². The zero-order chi connectivity index (χ0) is 17.8. The van der Waals surface area contributed by atoms with Gasteiger partial charge in [0.1, 0.15) is 0 Å². The summed E-state index contributed by atoms with van der Waals surface area (Å²) < 4.78 is 0. The van der Waals surface area contributed by atoms with Gasteiger partial charge in [-0.15, -0.1) is 0 Å². The quantitative estimate of drug-likeness (QED) is 0.915. The molecule has 0 bridgehead atoms. The van der Waals surface area contributed by atoms with Crippen LogP contribution in [-0.4, -0.2) is 60.0 Å². The van der Waals surface area contributed by atoms with Crippen molar-refractivity contribution in [2.75, 3.05) is 44.2 Å². The number of carbonyl (C=O) groups is 1. The van der Waals surface area contributed by atoms with Gasteiger partial charge in [-0.3, -0.25) is 4.79 Å². The van der Waals surface area contributed by atoms with Crippen LogP contribution < -0.4 is 10.2 Å². The topological polar surface area (TPSA) is 61.4 Å². The third kappa shape index (κ3) is 3.55. The second-order valence-corrected chi connectivity index (χ2v) is 6.96. The van der Waals surface area contributed by atoms with E-state index in [4.69, 9.17) is 0 Å². The molecule has 0 radical (unpaired) electrons. The molecule has 0 spiro atoms. The molecule has 2 aromatic rings. The lowest BCUT2D eigenvalue weighted by atomic mass is 9.93. The van der Waals surface area contributed by atoms with Crippen LogP contribution in [0.2, 0.25) is 0 Å². The van der Waals surface area contributed by atoms with Crippen LogP contribution in [0.5, 0.6) is 0 Å². The molecule has 1 aromatic carbocycles. The van der Waals surface area contributed by atoms with Gasteiger partial charge in [-0.25, -0.2) is 9.97 Å². The Bertz CT molecular complexity index is 745. The molecule has 6 nitrogen and oxygen atoms in total. The Morgan fingerprint density at radius 2 is 1.88 bits per heavy atom. The summed E-state index contributed by atoms with van der Waals surface area (Å²) in [5, 5.41) is 3.41. The lowest BCUT2D eigenvalue weighted by Crippen LogP contribution is -2.36. The van der Waals surface area contributed by atoms with E-state index >= 15 is 0 Å². The number of hydrogen-bond donors (Lipinski definition) is 1. The van der Waals surface area contributed by atoms with E-state index in [-0.39, 0.29) is 5.91 Å². The van der Waals surface area contributed by atoms with Crippen molar-refractivity contribution in [3.05, 3.63) is 53.9 Å². The van der Waals surface area contributed by atoms with Gasteiger partial charge < -0.3 is 15.1 Å². The van der Waals surface area contributed by atoms with Gasteiger partial charge >= 0.3 is 0 Å². The molecular weight excluding hydrogens is 326 g/mol. The Labute approximate surface area is 154 Å². The van der Waals surface area contributed by atoms with Crippen LogP contribution in [0.4, 0.5) is 5.95 Å². The van der Waals surface area contributed by atoms with Crippen molar-refractivity contribution in [1.82, 2.24) is 20.2 Å². The van der Waals surface area contributed by atoms with Crippen LogP contribution in [-0.2, 0) is 0 Å². The minimum Gasteiger partial charge on any atom is -0.339 e. The molecule has 2 fully saturated rings. The number of hydrogen-bond acceptors (Lipinski definition) is 5. The summed E-state index contributed by atoms with van der Waals surface area (Å²) in [6.45, 7) is 5.12. The zero-order valence-electron chi connectivity index (χ0n) is 15.0. The predicted molar refractivity (Wildman–Crippen MR) is 101 cm³/mol. The van der Waals surface area contributed by atoms with Crippen LogP contribution in [0.1, 0.15) is 34.7 Å². The van der Waals surface area contributed by atoms with E-state index in [0.717, 1.165) is 57.1 Å². The molecule has 4 rings (SSSR count). The number of carbonyl (C=O) groups excluding carboxylic acids is 1. The Morgan fingerprint density at radius 3 is 2.69 bits per heavy atom. The molecule has 0 aliphatic carbocycles. The first-order chi connectivity index (χ1) is 12.8. The third-order valence-corrected chi connectivity index (χ3v) is 5.31. The maximum atomic E-state index is 13.2.